The SMILES string of the molecule is CCN(CC)CC.COc1cc(CBr)ccc1OCc1ccccc1.COc1ccc([C@@H]2CC(Cc3ccc(OCc4ccccc4)c(OC)c3)C(=O)N(B(C)O)C2)cc1C.COc1ccc([C@@H]2CCC(=O)N(B(C)O)C2)cc1C.COc1ccc([C@@H]2CCC(=O)NC2)cc1C.C[B]OOCB=O. The van der Waals surface area contributed by atoms with Gasteiger partial charge in [0.1, 0.15) is 30.5 Å². The molecule has 0 bridgehead atoms. The number of hydrogen-bond donors (Lipinski definition) is 3. The van der Waals surface area contributed by atoms with Gasteiger partial charge in [0.2, 0.25) is 17.7 Å². The molecule has 10 rings (SSSR count). The van der Waals surface area contributed by atoms with Crippen LogP contribution in [0.3, 0.4) is 0 Å². The van der Waals surface area contributed by atoms with Crippen LogP contribution in [-0.4, -0.2) is 152 Å². The molecule has 3 heterocycles. The molecule has 103 heavy (non-hydrogen) atoms. The van der Waals surface area contributed by atoms with Gasteiger partial charge in [0.25, 0.3) is 0 Å². The number of aryl methyl sites for hydroxylation is 3. The minimum absolute atomic E-state index is 0.00958. The standard InChI is InChI=1S/C29H34BNO5.C15H15BrO2.C14H20BNO3.C13H17NO2.C6H15N.C2H5B2O3/c1-20-14-23(11-13-26(20)34-3)25-17-24(29(32)31(18-25)30(2)33)15-22-10-12-27(28(16-22)35-4)36-19-21-8-6-5-7-9-21;1-17-15-9-13(10-16)7-8-14(15)18-11-12-5-3-2-4-6-12;1-10-8-11(4-6-13(10)19-3)12-5-7-14(17)16(9-12)15(2)18;1-9-7-10(3-5-12(9)16-2)11-4-6-13(15)14-8-11;1-4-7(5-2)6-3;1-3-7-6-2-4-5/h5-14,16,24-25,33H,15,17-19H2,1-4H3;2-9H,10-11H2,1H3;4,6,8,12,18H,5,7,9H2,1-3H3;3,5,7,11H,4,6,8H2,1-2H3,(H,14,15);4-6H2,1-3H3;2H2,1H3/t24?,25-;;12-;11-;;/m1.11../s1. The zero-order chi connectivity index (χ0) is 75.2. The topological polar surface area (TPSA) is 214 Å². The van der Waals surface area contributed by atoms with Gasteiger partial charge in [-0.1, -0.05) is 146 Å². The van der Waals surface area contributed by atoms with Crippen molar-refractivity contribution in [1.82, 2.24) is 19.8 Å². The Labute approximate surface area is 622 Å². The molecule has 3 aliphatic heterocycles. The third kappa shape index (κ3) is 28.1. The van der Waals surface area contributed by atoms with E-state index in [-0.39, 0.29) is 42.0 Å². The second-order valence-corrected chi connectivity index (χ2v) is 25.7. The number of alkyl halides is 1. The summed E-state index contributed by atoms with van der Waals surface area (Å²) in [4.78, 5) is 50.0. The van der Waals surface area contributed by atoms with E-state index in [0.717, 1.165) is 92.4 Å². The number of nitrogens with zero attached hydrogens (tertiary/aromatic N) is 3. The molecule has 0 aliphatic carbocycles. The van der Waals surface area contributed by atoms with Crippen LogP contribution < -0.4 is 38.5 Å². The van der Waals surface area contributed by atoms with Crippen molar-refractivity contribution in [3.8, 4) is 40.2 Å². The van der Waals surface area contributed by atoms with E-state index in [1.165, 1.54) is 43.8 Å². The van der Waals surface area contributed by atoms with Gasteiger partial charge < -0.3 is 63.0 Å². The van der Waals surface area contributed by atoms with Crippen molar-refractivity contribution in [1.29, 1.82) is 0 Å². The maximum absolute atomic E-state index is 13.3. The van der Waals surface area contributed by atoms with Crippen molar-refractivity contribution in [2.75, 3.05) is 81.3 Å². The number of carbonyl (C=O) groups excluding carboxylic acids is 3. The van der Waals surface area contributed by atoms with E-state index in [9.17, 15) is 29.1 Å². The fraction of sp³-hybridized carbons (Fsp3) is 0.430. The van der Waals surface area contributed by atoms with Gasteiger partial charge in [0.05, 0.1) is 35.5 Å². The van der Waals surface area contributed by atoms with Gasteiger partial charge in [0.15, 0.2) is 23.0 Å². The number of ether oxygens (including phenoxy) is 7. The minimum atomic E-state index is -0.842. The first-order valence-corrected chi connectivity index (χ1v) is 36.5. The maximum atomic E-state index is 13.3. The Morgan fingerprint density at radius 2 is 0.981 bits per heavy atom. The average Bonchev–Trinajstić information content (AvgIpc) is 0.800. The first kappa shape index (κ1) is 85.5. The molecule has 3 fully saturated rings. The Bertz CT molecular complexity index is 3660. The number of methoxy groups -OCH3 is 5. The molecular formula is C79H106B4BrN4O15. The summed E-state index contributed by atoms with van der Waals surface area (Å²) in [6, 6.07) is 50.4. The van der Waals surface area contributed by atoms with Crippen molar-refractivity contribution >= 4 is 62.4 Å². The number of carbonyl (C=O) groups is 3. The summed E-state index contributed by atoms with van der Waals surface area (Å²) in [7, 11) is 8.70. The van der Waals surface area contributed by atoms with Gasteiger partial charge in [-0.2, -0.15) is 0 Å². The van der Waals surface area contributed by atoms with Crippen LogP contribution in [0.25, 0.3) is 0 Å². The molecule has 3 aliphatic rings. The molecule has 7 aromatic rings. The molecule has 1 unspecified atom stereocenters. The Morgan fingerprint density at radius 3 is 1.39 bits per heavy atom. The van der Waals surface area contributed by atoms with Crippen molar-refractivity contribution in [2.24, 2.45) is 5.92 Å². The molecule has 0 saturated carbocycles. The summed E-state index contributed by atoms with van der Waals surface area (Å²) in [5.41, 5.74) is 11.3. The fourth-order valence-electron chi connectivity index (χ4n) is 12.3. The Morgan fingerprint density at radius 1 is 0.544 bits per heavy atom. The number of amides is 3. The Balaban J connectivity index is 0.000000243. The number of rotatable bonds is 26. The number of halogens is 1. The van der Waals surface area contributed by atoms with E-state index >= 15 is 0 Å². The first-order valence-electron chi connectivity index (χ1n) is 35.3. The van der Waals surface area contributed by atoms with Crippen molar-refractivity contribution in [2.45, 2.75) is 137 Å². The van der Waals surface area contributed by atoms with Crippen LogP contribution in [-0.2, 0) is 53.7 Å². The molecule has 0 aromatic heterocycles. The van der Waals surface area contributed by atoms with Crippen LogP contribution in [0.4, 0.5) is 0 Å². The summed E-state index contributed by atoms with van der Waals surface area (Å²) >= 11 is 3.42. The molecule has 551 valence electrons. The monoisotopic (exact) mass is 1470 g/mol. The van der Waals surface area contributed by atoms with Crippen LogP contribution in [0.15, 0.2) is 152 Å². The molecule has 3 N–H and O–H groups in total. The van der Waals surface area contributed by atoms with Crippen LogP contribution in [0, 0.1) is 26.7 Å². The fourth-order valence-corrected chi connectivity index (χ4v) is 12.6. The molecule has 3 amide bonds. The van der Waals surface area contributed by atoms with Gasteiger partial charge in [-0.05, 0) is 178 Å². The summed E-state index contributed by atoms with van der Waals surface area (Å²) in [6.45, 7) is 24.0. The molecule has 1 radical (unpaired) electrons. The quantitative estimate of drug-likeness (QED) is 0.0151. The van der Waals surface area contributed by atoms with Crippen LogP contribution in [0.5, 0.6) is 40.2 Å². The summed E-state index contributed by atoms with van der Waals surface area (Å²) < 4.78 is 48.1. The van der Waals surface area contributed by atoms with E-state index < -0.39 is 14.1 Å². The average molecular weight is 1470 g/mol. The zero-order valence-electron chi connectivity index (χ0n) is 62.8. The van der Waals surface area contributed by atoms with Gasteiger partial charge >= 0.3 is 56.5 Å². The van der Waals surface area contributed by atoms with Crippen LogP contribution in [0.1, 0.15) is 126 Å². The third-order valence-electron chi connectivity index (χ3n) is 18.1. The van der Waals surface area contributed by atoms with E-state index in [0.29, 0.717) is 76.6 Å². The molecule has 24 heteroatoms. The van der Waals surface area contributed by atoms with Gasteiger partial charge in [0, 0.05) is 61.5 Å². The normalized spacial score (nSPS) is 15.9. The van der Waals surface area contributed by atoms with Gasteiger partial charge in [-0.25, -0.2) is 0 Å². The van der Waals surface area contributed by atoms with E-state index in [4.69, 9.17) is 33.2 Å². The Kier molecular flexibility index (Phi) is 38.7. The summed E-state index contributed by atoms with van der Waals surface area (Å²) in [6.07, 6.45) is 4.19. The van der Waals surface area contributed by atoms with Crippen LogP contribution in [0.2, 0.25) is 20.5 Å². The zero-order valence-corrected chi connectivity index (χ0v) is 64.4. The van der Waals surface area contributed by atoms with Crippen molar-refractivity contribution in [3.05, 3.63) is 207 Å². The molecule has 19 nitrogen and oxygen atoms in total. The van der Waals surface area contributed by atoms with Gasteiger partial charge in [-0.3, -0.25) is 14.4 Å². The second kappa shape index (κ2) is 46.6. The molecule has 0 spiro atoms. The molecular weight excluding hydrogens is 1370 g/mol. The number of hydrogen-bond acceptors (Lipinski definition) is 16. The van der Waals surface area contributed by atoms with E-state index in [2.05, 4.69) is 86.9 Å². The van der Waals surface area contributed by atoms with Crippen molar-refractivity contribution < 1.29 is 72.0 Å². The predicted octanol–water partition coefficient (Wildman–Crippen LogP) is 13.8. The van der Waals surface area contributed by atoms with Crippen molar-refractivity contribution in [3.63, 3.8) is 0 Å². The number of nitrogens with one attached hydrogen (secondary N) is 1. The van der Waals surface area contributed by atoms with E-state index in [1.807, 2.05) is 142 Å². The molecule has 7 aromatic carbocycles. The third-order valence-corrected chi connectivity index (χ3v) is 18.8. The molecule has 3 saturated heterocycles. The summed E-state index contributed by atoms with van der Waals surface area (Å²) in [5, 5.41) is 23.7. The predicted molar refractivity (Wildman–Crippen MR) is 415 cm³/mol. The first-order chi connectivity index (χ1) is 49.7. The van der Waals surface area contributed by atoms with Crippen LogP contribution >= 0.6 is 15.9 Å². The number of piperidine rings is 3. The number of benzene rings is 7. The van der Waals surface area contributed by atoms with Gasteiger partial charge in [-0.15, -0.1) is 0 Å². The molecule has 4 atom stereocenters. The second-order valence-electron chi connectivity index (χ2n) is 25.2. The summed E-state index contributed by atoms with van der Waals surface area (Å²) in [5.74, 6) is 6.28. The van der Waals surface area contributed by atoms with E-state index in [1.54, 1.807) is 65.6 Å². The Hall–Kier alpha value is -8.11.